The first kappa shape index (κ1) is 14.7. The van der Waals surface area contributed by atoms with Crippen molar-refractivity contribution in [1.82, 2.24) is 10.3 Å². The molecule has 0 aliphatic rings. The monoisotopic (exact) mass is 295 g/mol. The van der Waals surface area contributed by atoms with Crippen molar-refractivity contribution >= 4 is 27.2 Å². The Morgan fingerprint density at radius 3 is 3.00 bits per heavy atom. The number of nitro groups is 1. The van der Waals surface area contributed by atoms with Gasteiger partial charge in [-0.2, -0.15) is 0 Å². The fourth-order valence-corrected chi connectivity index (χ4v) is 2.52. The molecule has 1 heterocycles. The second-order valence-corrected chi connectivity index (χ2v) is 5.57. The lowest BCUT2D eigenvalue weighted by Crippen LogP contribution is -2.24. The quantitative estimate of drug-likeness (QED) is 0.483. The van der Waals surface area contributed by atoms with Gasteiger partial charge in [-0.3, -0.25) is 10.1 Å². The van der Waals surface area contributed by atoms with Crippen LogP contribution in [0.3, 0.4) is 0 Å². The van der Waals surface area contributed by atoms with Crippen molar-refractivity contribution in [2.45, 2.75) is 26.3 Å². The standard InChI is InChI=1S/C13H17N3O3S/c1-9(2)14-6-3-7-19-10-4-5-11-12(15-8-20-11)13(10)16(17)18/h4-5,8-9,14H,3,6-7H2,1-2H3. The van der Waals surface area contributed by atoms with Crippen molar-refractivity contribution in [3.05, 3.63) is 27.8 Å². The third-order valence-corrected chi connectivity index (χ3v) is 3.55. The molecular formula is C13H17N3O3S. The summed E-state index contributed by atoms with van der Waals surface area (Å²) >= 11 is 1.38. The van der Waals surface area contributed by atoms with E-state index in [1.54, 1.807) is 11.6 Å². The van der Waals surface area contributed by atoms with Gasteiger partial charge in [0.25, 0.3) is 0 Å². The second-order valence-electron chi connectivity index (χ2n) is 4.68. The number of benzene rings is 1. The average Bonchev–Trinajstić information content (AvgIpc) is 2.85. The number of aromatic nitrogens is 1. The molecule has 0 radical (unpaired) electrons. The Morgan fingerprint density at radius 2 is 2.30 bits per heavy atom. The molecule has 0 saturated heterocycles. The molecule has 20 heavy (non-hydrogen) atoms. The highest BCUT2D eigenvalue weighted by Crippen LogP contribution is 2.35. The predicted molar refractivity (Wildman–Crippen MR) is 79.5 cm³/mol. The van der Waals surface area contributed by atoms with Crippen molar-refractivity contribution in [3.8, 4) is 5.75 Å². The highest BCUT2D eigenvalue weighted by Gasteiger charge is 2.21. The molecule has 2 aromatic rings. The highest BCUT2D eigenvalue weighted by molar-refractivity contribution is 7.16. The third-order valence-electron chi connectivity index (χ3n) is 2.75. The summed E-state index contributed by atoms with van der Waals surface area (Å²) in [7, 11) is 0. The zero-order valence-electron chi connectivity index (χ0n) is 11.5. The molecule has 2 rings (SSSR count). The van der Waals surface area contributed by atoms with Crippen LogP contribution >= 0.6 is 11.3 Å². The van der Waals surface area contributed by atoms with E-state index < -0.39 is 4.92 Å². The number of ether oxygens (including phenoxy) is 1. The molecule has 0 aliphatic carbocycles. The van der Waals surface area contributed by atoms with Crippen molar-refractivity contribution in [3.63, 3.8) is 0 Å². The van der Waals surface area contributed by atoms with Crippen molar-refractivity contribution in [2.24, 2.45) is 0 Å². The van der Waals surface area contributed by atoms with Crippen molar-refractivity contribution in [2.75, 3.05) is 13.2 Å². The number of nitrogens with one attached hydrogen (secondary N) is 1. The lowest BCUT2D eigenvalue weighted by molar-refractivity contribution is -0.384. The molecule has 1 N–H and O–H groups in total. The molecule has 0 fully saturated rings. The summed E-state index contributed by atoms with van der Waals surface area (Å²) in [6.45, 7) is 5.41. The molecular weight excluding hydrogens is 278 g/mol. The first-order valence-electron chi connectivity index (χ1n) is 6.46. The number of thiazole rings is 1. The number of nitrogens with zero attached hydrogens (tertiary/aromatic N) is 2. The van der Waals surface area contributed by atoms with Crippen LogP contribution in [0.5, 0.6) is 5.75 Å². The molecule has 108 valence electrons. The second kappa shape index (κ2) is 6.62. The Kier molecular flexibility index (Phi) is 4.86. The maximum absolute atomic E-state index is 11.2. The summed E-state index contributed by atoms with van der Waals surface area (Å²) in [6.07, 6.45) is 0.796. The van der Waals surface area contributed by atoms with Crippen LogP contribution < -0.4 is 10.1 Å². The number of nitro benzene ring substituents is 1. The van der Waals surface area contributed by atoms with Gasteiger partial charge in [-0.05, 0) is 25.1 Å². The van der Waals surface area contributed by atoms with Crippen LogP contribution in [0.25, 0.3) is 10.2 Å². The van der Waals surface area contributed by atoms with Crippen LogP contribution in [0.4, 0.5) is 5.69 Å². The summed E-state index contributed by atoms with van der Waals surface area (Å²) in [5, 5.41) is 14.5. The van der Waals surface area contributed by atoms with Crippen LogP contribution in [0, 0.1) is 10.1 Å². The molecule has 0 spiro atoms. The normalized spacial score (nSPS) is 11.2. The molecule has 6 nitrogen and oxygen atoms in total. The molecule has 0 unspecified atom stereocenters. The summed E-state index contributed by atoms with van der Waals surface area (Å²) in [4.78, 5) is 14.8. The smallest absolute Gasteiger partial charge is 0.337 e. The summed E-state index contributed by atoms with van der Waals surface area (Å²) in [5.74, 6) is 0.290. The van der Waals surface area contributed by atoms with Gasteiger partial charge in [-0.25, -0.2) is 4.98 Å². The lowest BCUT2D eigenvalue weighted by Gasteiger charge is -2.09. The SMILES string of the molecule is CC(C)NCCCOc1ccc2scnc2c1[N+](=O)[O-]. The molecule has 0 saturated carbocycles. The van der Waals surface area contributed by atoms with Crippen LogP contribution in [-0.2, 0) is 0 Å². The molecule has 0 bridgehead atoms. The number of hydrogen-bond donors (Lipinski definition) is 1. The van der Waals surface area contributed by atoms with Gasteiger partial charge < -0.3 is 10.1 Å². The van der Waals surface area contributed by atoms with E-state index in [0.717, 1.165) is 17.7 Å². The van der Waals surface area contributed by atoms with E-state index in [9.17, 15) is 10.1 Å². The third kappa shape index (κ3) is 3.43. The predicted octanol–water partition coefficient (Wildman–Crippen LogP) is 2.97. The summed E-state index contributed by atoms with van der Waals surface area (Å²) < 4.78 is 6.34. The zero-order valence-corrected chi connectivity index (χ0v) is 12.3. The maximum atomic E-state index is 11.2. The van der Waals surface area contributed by atoms with Gasteiger partial charge in [0.1, 0.15) is 0 Å². The fourth-order valence-electron chi connectivity index (χ4n) is 1.84. The topological polar surface area (TPSA) is 77.3 Å². The van der Waals surface area contributed by atoms with E-state index in [0.29, 0.717) is 18.2 Å². The molecule has 0 atom stereocenters. The molecule has 0 amide bonds. The van der Waals surface area contributed by atoms with Crippen molar-refractivity contribution in [1.29, 1.82) is 0 Å². The Balaban J connectivity index is 2.05. The van der Waals surface area contributed by atoms with Crippen LogP contribution in [0.1, 0.15) is 20.3 Å². The van der Waals surface area contributed by atoms with Gasteiger partial charge in [-0.1, -0.05) is 13.8 Å². The van der Waals surface area contributed by atoms with Gasteiger partial charge in [0.05, 0.1) is 21.7 Å². The van der Waals surface area contributed by atoms with E-state index >= 15 is 0 Å². The summed E-state index contributed by atoms with van der Waals surface area (Å²) in [5.41, 5.74) is 1.96. The molecule has 1 aromatic carbocycles. The van der Waals surface area contributed by atoms with Crippen LogP contribution in [-0.4, -0.2) is 29.1 Å². The summed E-state index contributed by atoms with van der Waals surface area (Å²) in [6, 6.07) is 3.88. The minimum Gasteiger partial charge on any atom is -0.487 e. The van der Waals surface area contributed by atoms with Crippen LogP contribution in [0.15, 0.2) is 17.6 Å². The Bertz CT molecular complexity index is 598. The minimum atomic E-state index is -0.427. The number of hydrogen-bond acceptors (Lipinski definition) is 6. The van der Waals surface area contributed by atoms with E-state index in [-0.39, 0.29) is 11.4 Å². The van der Waals surface area contributed by atoms with Gasteiger partial charge in [-0.15, -0.1) is 11.3 Å². The largest absolute Gasteiger partial charge is 0.487 e. The van der Waals surface area contributed by atoms with Gasteiger partial charge >= 0.3 is 5.69 Å². The van der Waals surface area contributed by atoms with Gasteiger partial charge in [0, 0.05) is 6.04 Å². The van der Waals surface area contributed by atoms with Gasteiger partial charge in [0.2, 0.25) is 0 Å². The maximum Gasteiger partial charge on any atom is 0.337 e. The molecule has 0 aliphatic heterocycles. The Morgan fingerprint density at radius 1 is 1.50 bits per heavy atom. The molecule has 7 heteroatoms. The van der Waals surface area contributed by atoms with E-state index in [2.05, 4.69) is 24.1 Å². The van der Waals surface area contributed by atoms with Gasteiger partial charge in [0.15, 0.2) is 11.3 Å². The zero-order chi connectivity index (χ0) is 14.5. The highest BCUT2D eigenvalue weighted by atomic mass is 32.1. The minimum absolute atomic E-state index is 0.0411. The Labute approximate surface area is 120 Å². The van der Waals surface area contributed by atoms with Crippen molar-refractivity contribution < 1.29 is 9.66 Å². The average molecular weight is 295 g/mol. The van der Waals surface area contributed by atoms with Crippen LogP contribution in [0.2, 0.25) is 0 Å². The van der Waals surface area contributed by atoms with E-state index in [1.165, 1.54) is 11.3 Å². The van der Waals surface area contributed by atoms with E-state index in [1.807, 2.05) is 6.07 Å². The van der Waals surface area contributed by atoms with E-state index in [4.69, 9.17) is 4.74 Å². The first-order valence-corrected chi connectivity index (χ1v) is 7.34. The number of fused-ring (bicyclic) bond motifs is 1. The first-order chi connectivity index (χ1) is 9.59. The Hall–Kier alpha value is -1.73. The number of rotatable bonds is 7. The lowest BCUT2D eigenvalue weighted by atomic mass is 10.2. The molecule has 1 aromatic heterocycles. The fraction of sp³-hybridized carbons (Fsp3) is 0.462.